The second-order valence-corrected chi connectivity index (χ2v) is 23.2. The van der Waals surface area contributed by atoms with Crippen LogP contribution in [0.2, 0.25) is 0 Å². The first kappa shape index (κ1) is 81.1. The van der Waals surface area contributed by atoms with Crippen LogP contribution in [0.15, 0.2) is 0 Å². The van der Waals surface area contributed by atoms with E-state index >= 15 is 0 Å². The number of aliphatic hydroxyl groups is 1. The van der Waals surface area contributed by atoms with Crippen LogP contribution in [0.3, 0.4) is 0 Å². The summed E-state index contributed by atoms with van der Waals surface area (Å²) in [5, 5.41) is 17.0. The van der Waals surface area contributed by atoms with Gasteiger partial charge in [0.25, 0.3) is 54.8 Å². The number of phosphoric acid groups is 8. The molecule has 0 saturated carbocycles. The molecule has 0 heterocycles. The van der Waals surface area contributed by atoms with Gasteiger partial charge in [-0.3, -0.25) is 52.4 Å². The molecular weight excluding hydrogens is 1190 g/mol. The molecule has 0 aromatic heterocycles. The van der Waals surface area contributed by atoms with Crippen LogP contribution < -0.4 is 50.2 Å². The summed E-state index contributed by atoms with van der Waals surface area (Å²) in [5.41, 5.74) is 0. The van der Waals surface area contributed by atoms with Crippen LogP contribution in [0.25, 0.3) is 0 Å². The molecule has 7 N–H and O–H groups in total. The second-order valence-electron chi connectivity index (χ2n) is 12.4. The molecule has 452 valence electrons. The molecule has 0 saturated heterocycles. The molecular formula is C27H66N3O36P8-7. The topological polar surface area (TPSA) is 572 Å². The molecule has 0 fully saturated rings. The largest absolute Gasteiger partial charge is 0.756 e. The smallest absolute Gasteiger partial charge is 0.470 e. The van der Waals surface area contributed by atoms with E-state index in [1.807, 2.05) is 0 Å². The lowest BCUT2D eigenvalue weighted by Crippen LogP contribution is -2.28. The number of aliphatic hydroxyl groups excluding tert-OH is 1. The van der Waals surface area contributed by atoms with E-state index < -0.39 is 167 Å². The number of nitrogens with one attached hydrogen (secondary N) is 3. The second kappa shape index (κ2) is 42.4. The van der Waals surface area contributed by atoms with Crippen LogP contribution in [0.5, 0.6) is 0 Å². The Bertz CT molecular complexity index is 1830. The van der Waals surface area contributed by atoms with E-state index in [1.54, 1.807) is 14.1 Å². The van der Waals surface area contributed by atoms with Gasteiger partial charge in [-0.15, -0.1) is 0 Å². The number of phosphoric ester groups is 8. The molecule has 0 amide bonds. The van der Waals surface area contributed by atoms with E-state index in [-0.39, 0.29) is 48.3 Å². The van der Waals surface area contributed by atoms with Crippen molar-refractivity contribution in [1.29, 1.82) is 0 Å². The van der Waals surface area contributed by atoms with Gasteiger partial charge in [0.2, 0.25) is 0 Å². The van der Waals surface area contributed by atoms with Crippen LogP contribution in [-0.2, 0) is 114 Å². The minimum Gasteiger partial charge on any atom is -0.756 e. The third kappa shape index (κ3) is 53.3. The van der Waals surface area contributed by atoms with Gasteiger partial charge in [-0.2, -0.15) is 0 Å². The SMILES string of the molecule is C.C.CNCOCC(C)OP(=O)([O-])OCCOP(=O)([O-])O.CNCOCC(COP(=O)([O-])OCCOP(=O)([O-])OCCOP(=O)([O-])OCCOP(=O)([O-])OCCOP(=O)([O-])OC(CO)COCNC)OP(=O)(O)O. The Kier molecular flexibility index (Phi) is 46.5. The quantitative estimate of drug-likeness (QED) is 0.0172. The van der Waals surface area contributed by atoms with Crippen LogP contribution in [0, 0.1) is 0 Å². The normalized spacial score (nSPS) is 18.9. The minimum atomic E-state index is -5.18. The van der Waals surface area contributed by atoms with Gasteiger partial charge in [0.15, 0.2) is 0 Å². The van der Waals surface area contributed by atoms with Gasteiger partial charge in [-0.05, 0) is 28.1 Å². The Morgan fingerprint density at radius 2 is 0.676 bits per heavy atom. The molecule has 39 nitrogen and oxygen atoms in total. The van der Waals surface area contributed by atoms with Crippen molar-refractivity contribution in [1.82, 2.24) is 16.0 Å². The lowest BCUT2D eigenvalue weighted by Gasteiger charge is -2.28. The highest BCUT2D eigenvalue weighted by molar-refractivity contribution is 7.47. The monoisotopic (exact) mass is 1260 g/mol. The fraction of sp³-hybridized carbons (Fsp3) is 1.00. The summed E-state index contributed by atoms with van der Waals surface area (Å²) < 4.78 is 167. The molecule has 0 spiro atoms. The number of hydrogen-bond acceptors (Lipinski definition) is 36. The molecule has 0 aliphatic carbocycles. The zero-order valence-corrected chi connectivity index (χ0v) is 45.5. The van der Waals surface area contributed by atoms with Crippen molar-refractivity contribution in [3.8, 4) is 0 Å². The molecule has 0 aliphatic heterocycles. The molecule has 0 rings (SSSR count). The van der Waals surface area contributed by atoms with Crippen molar-refractivity contribution in [2.75, 3.05) is 140 Å². The Hall–Kier alpha value is 0.600. The molecule has 0 bridgehead atoms. The Labute approximate surface area is 426 Å². The fourth-order valence-electron chi connectivity index (χ4n) is 3.64. The predicted molar refractivity (Wildman–Crippen MR) is 233 cm³/mol. The van der Waals surface area contributed by atoms with E-state index in [0.717, 1.165) is 0 Å². The molecule has 0 aromatic rings. The number of ether oxygens (including phenoxy) is 3. The van der Waals surface area contributed by atoms with E-state index in [1.165, 1.54) is 14.0 Å². The van der Waals surface area contributed by atoms with Gasteiger partial charge >= 0.3 is 7.82 Å². The van der Waals surface area contributed by atoms with Crippen molar-refractivity contribution in [2.24, 2.45) is 0 Å². The van der Waals surface area contributed by atoms with Crippen molar-refractivity contribution in [2.45, 2.75) is 40.1 Å². The molecule has 47 heteroatoms. The van der Waals surface area contributed by atoms with Crippen LogP contribution in [0.1, 0.15) is 21.8 Å². The summed E-state index contributed by atoms with van der Waals surface area (Å²) in [7, 11) is -35.5. The minimum absolute atomic E-state index is 0. The molecule has 74 heavy (non-hydrogen) atoms. The summed E-state index contributed by atoms with van der Waals surface area (Å²) in [4.78, 5) is 106. The van der Waals surface area contributed by atoms with E-state index in [9.17, 15) is 70.8 Å². The van der Waals surface area contributed by atoms with Crippen LogP contribution in [-0.4, -0.2) is 179 Å². The van der Waals surface area contributed by atoms with Crippen LogP contribution in [0.4, 0.5) is 0 Å². The van der Waals surface area contributed by atoms with Gasteiger partial charge in [-0.1, -0.05) is 14.9 Å². The van der Waals surface area contributed by atoms with Crippen LogP contribution >= 0.6 is 62.6 Å². The highest BCUT2D eigenvalue weighted by atomic mass is 31.2. The zero-order chi connectivity index (χ0) is 55.6. The summed E-state index contributed by atoms with van der Waals surface area (Å²) in [5.74, 6) is 0. The first-order valence-electron chi connectivity index (χ1n) is 19.5. The molecule has 0 aliphatic rings. The van der Waals surface area contributed by atoms with Gasteiger partial charge in [0.1, 0.15) is 12.2 Å². The third-order valence-corrected chi connectivity index (χ3v) is 13.3. The first-order chi connectivity index (χ1) is 33.1. The van der Waals surface area contributed by atoms with Crippen molar-refractivity contribution >= 4 is 62.6 Å². The average molecular weight is 1260 g/mol. The summed E-state index contributed by atoms with van der Waals surface area (Å²) in [6, 6.07) is 0. The van der Waals surface area contributed by atoms with E-state index in [2.05, 4.69) is 79.3 Å². The van der Waals surface area contributed by atoms with Gasteiger partial charge in [-0.25, -0.2) is 4.57 Å². The molecule has 0 radical (unpaired) electrons. The standard InChI is InChI=1S/C18H46N2O27P6.C7H19NO9P2.2CH4/c1-19-15-35-12-17(11-21)47-53(33,34)44-10-9-42-51(29,30)40-6-5-38-49(25,26)37-3-4-39-50(27,28)41-7-8-43-52(31,32)45-14-18(13-36-16-20-2)46-48(22,23)24;1-7(5-14-6-8-2)17-19(12,13)16-4-3-15-18(9,10)11;;/h17-21H,3-16H2,1-2H3,(H,25,26)(H,27,28)(H,29,30)(H,31,32)(H,33,34)(H2,22,23,24);7-8H,3-6H2,1-2H3,(H,12,13)(H2,9,10,11);2*1H4/p-7. The number of rotatable bonds is 47. The lowest BCUT2D eigenvalue weighted by atomic mass is 10.4. The van der Waals surface area contributed by atoms with E-state index in [0.29, 0.717) is 0 Å². The summed E-state index contributed by atoms with van der Waals surface area (Å²) in [6.45, 7) is -9.59. The van der Waals surface area contributed by atoms with Crippen molar-refractivity contribution in [3.05, 3.63) is 0 Å². The highest BCUT2D eigenvalue weighted by Crippen LogP contribution is 2.45. The van der Waals surface area contributed by atoms with Gasteiger partial charge in [0.05, 0.1) is 125 Å². The maximum atomic E-state index is 11.8. The zero-order valence-electron chi connectivity index (χ0n) is 38.4. The Balaban J connectivity index is -0.000000981. The van der Waals surface area contributed by atoms with Gasteiger partial charge in [0, 0.05) is 0 Å². The van der Waals surface area contributed by atoms with Crippen molar-refractivity contribution in [3.63, 3.8) is 0 Å². The number of hydrogen-bond donors (Lipinski definition) is 7. The molecule has 10 atom stereocenters. The maximum absolute atomic E-state index is 11.8. The Morgan fingerprint density at radius 3 is 0.986 bits per heavy atom. The molecule has 10 unspecified atom stereocenters. The first-order valence-corrected chi connectivity index (χ1v) is 31.3. The third-order valence-electron chi connectivity index (χ3n) is 6.11. The van der Waals surface area contributed by atoms with Gasteiger partial charge < -0.3 is 127 Å². The maximum Gasteiger partial charge on any atom is 0.470 e. The average Bonchev–Trinajstić information content (AvgIpc) is 3.24. The summed E-state index contributed by atoms with van der Waals surface area (Å²) >= 11 is 0. The fourth-order valence-corrected chi connectivity index (χ4v) is 8.91. The van der Waals surface area contributed by atoms with E-state index in [4.69, 9.17) is 34.0 Å². The summed E-state index contributed by atoms with van der Waals surface area (Å²) in [6.07, 6.45) is -3.62. The Morgan fingerprint density at radius 1 is 0.392 bits per heavy atom. The predicted octanol–water partition coefficient (Wildman–Crippen LogP) is -4.46. The molecule has 0 aromatic carbocycles. The van der Waals surface area contributed by atoms with Crippen molar-refractivity contribution < 1.29 is 168 Å². The lowest BCUT2D eigenvalue weighted by molar-refractivity contribution is -0.239. The highest BCUT2D eigenvalue weighted by Gasteiger charge is 2.25.